The molecule has 2 aromatic carbocycles. The van der Waals surface area contributed by atoms with Gasteiger partial charge in [-0.1, -0.05) is 13.5 Å². The summed E-state index contributed by atoms with van der Waals surface area (Å²) in [6, 6.07) is 8.43. The second-order valence-electron chi connectivity index (χ2n) is 6.92. The van der Waals surface area contributed by atoms with Crippen LogP contribution in [0.5, 0.6) is 0 Å². The van der Waals surface area contributed by atoms with Crippen LogP contribution >= 0.6 is 63.7 Å². The highest BCUT2D eigenvalue weighted by molar-refractivity contribution is 9.11. The molecule has 3 rings (SSSR count). The maximum Gasteiger partial charge on any atom is 0.494 e. The van der Waals surface area contributed by atoms with Crippen molar-refractivity contribution >= 4 is 76.3 Å². The monoisotopic (exact) mass is 646 g/mol. The summed E-state index contributed by atoms with van der Waals surface area (Å²) in [5, 5.41) is 0. The van der Waals surface area contributed by atoms with Gasteiger partial charge in [0.05, 0.1) is 29.1 Å². The third-order valence-electron chi connectivity index (χ3n) is 4.44. The summed E-state index contributed by atoms with van der Waals surface area (Å²) in [5.74, 6) is -0.576. The Balaban J connectivity index is 0.000000332. The SMILES string of the molecule is C.CC1(C)OB(c2cc(Br)c(F)c(Br)c2)OC1(C)C.Fc1c(Br)cccc1Br. The van der Waals surface area contributed by atoms with Gasteiger partial charge in [0, 0.05) is 0 Å². The Hall–Kier alpha value is 0.205. The molecule has 0 radical (unpaired) electrons. The third-order valence-corrected chi connectivity index (χ3v) is 6.81. The highest BCUT2D eigenvalue weighted by Gasteiger charge is 2.51. The molecule has 1 heterocycles. The minimum Gasteiger partial charge on any atom is -0.399 e. The fourth-order valence-electron chi connectivity index (χ4n) is 2.17. The lowest BCUT2D eigenvalue weighted by Crippen LogP contribution is -2.41. The van der Waals surface area contributed by atoms with Crippen molar-refractivity contribution in [3.05, 3.63) is 59.9 Å². The topological polar surface area (TPSA) is 18.5 Å². The average Bonchev–Trinajstić information content (AvgIpc) is 2.78. The zero-order valence-corrected chi connectivity index (χ0v) is 21.4. The van der Waals surface area contributed by atoms with E-state index in [-0.39, 0.29) is 19.1 Å². The Morgan fingerprint density at radius 2 is 1.11 bits per heavy atom. The first-order valence-electron chi connectivity index (χ1n) is 7.95. The van der Waals surface area contributed by atoms with E-state index in [1.54, 1.807) is 30.3 Å². The molecule has 1 saturated heterocycles. The number of halogens is 6. The molecule has 1 fully saturated rings. The van der Waals surface area contributed by atoms with E-state index in [4.69, 9.17) is 9.31 Å². The van der Waals surface area contributed by atoms with Gasteiger partial charge in [0.25, 0.3) is 0 Å². The molecular formula is C19H21BBr4F2O2. The average molecular weight is 650 g/mol. The summed E-state index contributed by atoms with van der Waals surface area (Å²) in [6.07, 6.45) is 0. The van der Waals surface area contributed by atoms with Crippen molar-refractivity contribution < 1.29 is 18.1 Å². The summed E-state index contributed by atoms with van der Waals surface area (Å²) in [6.45, 7) is 7.95. The fraction of sp³-hybridized carbons (Fsp3) is 0.368. The van der Waals surface area contributed by atoms with Gasteiger partial charge in [-0.2, -0.15) is 0 Å². The Morgan fingerprint density at radius 3 is 1.46 bits per heavy atom. The zero-order valence-electron chi connectivity index (χ0n) is 15.0. The maximum absolute atomic E-state index is 13.5. The number of hydrogen-bond acceptors (Lipinski definition) is 2. The first-order valence-corrected chi connectivity index (χ1v) is 11.1. The summed E-state index contributed by atoms with van der Waals surface area (Å²) < 4.78 is 39.7. The van der Waals surface area contributed by atoms with Gasteiger partial charge in [0.15, 0.2) is 11.6 Å². The van der Waals surface area contributed by atoms with Crippen LogP contribution in [0.3, 0.4) is 0 Å². The summed E-state index contributed by atoms with van der Waals surface area (Å²) in [7, 11) is -0.483. The van der Waals surface area contributed by atoms with Crippen molar-refractivity contribution in [3.8, 4) is 0 Å². The van der Waals surface area contributed by atoms with E-state index < -0.39 is 18.3 Å². The van der Waals surface area contributed by atoms with Crippen LogP contribution in [0.2, 0.25) is 0 Å². The van der Waals surface area contributed by atoms with Crippen LogP contribution < -0.4 is 5.46 Å². The molecule has 0 spiro atoms. The molecule has 1 aliphatic heterocycles. The van der Waals surface area contributed by atoms with E-state index in [2.05, 4.69) is 63.7 Å². The summed E-state index contributed by atoms with van der Waals surface area (Å²) in [5.41, 5.74) is -0.00970. The van der Waals surface area contributed by atoms with Gasteiger partial charge in [-0.3, -0.25) is 0 Å². The van der Waals surface area contributed by atoms with Gasteiger partial charge >= 0.3 is 7.12 Å². The number of rotatable bonds is 1. The van der Waals surface area contributed by atoms with Crippen LogP contribution in [0.25, 0.3) is 0 Å². The number of hydrogen-bond donors (Lipinski definition) is 0. The molecule has 1 aliphatic rings. The van der Waals surface area contributed by atoms with E-state index in [9.17, 15) is 8.78 Å². The van der Waals surface area contributed by atoms with E-state index in [0.29, 0.717) is 17.9 Å². The van der Waals surface area contributed by atoms with Crippen LogP contribution in [0.4, 0.5) is 8.78 Å². The lowest BCUT2D eigenvalue weighted by atomic mass is 9.79. The largest absolute Gasteiger partial charge is 0.494 e. The van der Waals surface area contributed by atoms with Gasteiger partial charge in [-0.05, 0) is 121 Å². The quantitative estimate of drug-likeness (QED) is 0.234. The second kappa shape index (κ2) is 10.0. The van der Waals surface area contributed by atoms with Gasteiger partial charge < -0.3 is 9.31 Å². The second-order valence-corrected chi connectivity index (χ2v) is 10.3. The molecule has 0 aliphatic carbocycles. The first-order chi connectivity index (χ1) is 12.4. The Morgan fingerprint density at radius 1 is 0.750 bits per heavy atom. The molecular weight excluding hydrogens is 629 g/mol. The first kappa shape index (κ1) is 26.2. The summed E-state index contributed by atoms with van der Waals surface area (Å²) in [4.78, 5) is 0. The molecule has 28 heavy (non-hydrogen) atoms. The highest BCUT2D eigenvalue weighted by Crippen LogP contribution is 2.37. The molecule has 2 aromatic rings. The molecule has 0 unspecified atom stereocenters. The van der Waals surface area contributed by atoms with Gasteiger partial charge in [0.1, 0.15) is 0 Å². The highest BCUT2D eigenvalue weighted by atomic mass is 79.9. The standard InChI is InChI=1S/C12H14BBr2FO2.C6H3Br2F.CH4/c1-11(2)12(3,4)18-13(17-11)7-5-8(14)10(16)9(15)6-7;7-4-2-1-3-5(8)6(4)9;/h5-6H,1-4H3;1-3H;1H4. The van der Waals surface area contributed by atoms with E-state index >= 15 is 0 Å². The van der Waals surface area contributed by atoms with Crippen LogP contribution in [-0.2, 0) is 9.31 Å². The van der Waals surface area contributed by atoms with Crippen LogP contribution in [0.1, 0.15) is 35.1 Å². The molecule has 154 valence electrons. The molecule has 0 saturated carbocycles. The Kier molecular flexibility index (Phi) is 9.38. The van der Waals surface area contributed by atoms with Crippen molar-refractivity contribution in [1.82, 2.24) is 0 Å². The Bertz CT molecular complexity index is 787. The van der Waals surface area contributed by atoms with Crippen molar-refractivity contribution in [3.63, 3.8) is 0 Å². The number of benzene rings is 2. The van der Waals surface area contributed by atoms with Crippen molar-refractivity contribution in [2.24, 2.45) is 0 Å². The molecule has 2 nitrogen and oxygen atoms in total. The predicted molar refractivity (Wildman–Crippen MR) is 126 cm³/mol. The third kappa shape index (κ3) is 5.88. The van der Waals surface area contributed by atoms with Crippen LogP contribution in [-0.4, -0.2) is 18.3 Å². The van der Waals surface area contributed by atoms with E-state index in [1.165, 1.54) is 0 Å². The molecule has 0 atom stereocenters. The molecule has 0 aromatic heterocycles. The molecule has 0 amide bonds. The fourth-order valence-corrected chi connectivity index (χ4v) is 4.39. The normalized spacial score (nSPS) is 16.9. The Labute approximate surface area is 199 Å². The lowest BCUT2D eigenvalue weighted by molar-refractivity contribution is 0.00578. The smallest absolute Gasteiger partial charge is 0.399 e. The summed E-state index contributed by atoms with van der Waals surface area (Å²) >= 11 is 12.5. The van der Waals surface area contributed by atoms with E-state index in [0.717, 1.165) is 5.46 Å². The van der Waals surface area contributed by atoms with Crippen molar-refractivity contribution in [1.29, 1.82) is 0 Å². The maximum atomic E-state index is 13.5. The van der Waals surface area contributed by atoms with Gasteiger partial charge in [0.2, 0.25) is 0 Å². The minimum absolute atomic E-state index is 0. The van der Waals surface area contributed by atoms with E-state index in [1.807, 2.05) is 27.7 Å². The molecule has 9 heteroatoms. The zero-order chi connectivity index (χ0) is 20.6. The molecule has 0 bridgehead atoms. The van der Waals surface area contributed by atoms with Crippen LogP contribution in [0, 0.1) is 11.6 Å². The minimum atomic E-state index is -0.483. The lowest BCUT2D eigenvalue weighted by Gasteiger charge is -2.32. The van der Waals surface area contributed by atoms with Gasteiger partial charge in [-0.25, -0.2) is 8.78 Å². The molecule has 0 N–H and O–H groups in total. The predicted octanol–water partition coefficient (Wildman–Crippen LogP) is 7.64. The van der Waals surface area contributed by atoms with Gasteiger partial charge in [-0.15, -0.1) is 0 Å². The van der Waals surface area contributed by atoms with Crippen LogP contribution in [0.15, 0.2) is 48.2 Å². The van der Waals surface area contributed by atoms with Crippen molar-refractivity contribution in [2.45, 2.75) is 46.3 Å². The van der Waals surface area contributed by atoms with Crippen molar-refractivity contribution in [2.75, 3.05) is 0 Å².